The average molecular weight is 362 g/mol. The monoisotopic (exact) mass is 361 g/mol. The van der Waals surface area contributed by atoms with Crippen LogP contribution in [0.15, 0.2) is 0 Å². The Morgan fingerprint density at radius 1 is 0.885 bits per heavy atom. The molecule has 1 aliphatic carbocycles. The molecule has 1 saturated heterocycles. The maximum atomic E-state index is 9.35. The van der Waals surface area contributed by atoms with Crippen LogP contribution in [-0.4, -0.2) is 12.2 Å². The summed E-state index contributed by atoms with van der Waals surface area (Å²) in [5.41, 5.74) is 0. The largest absolute Gasteiger partial charge is 0.342 e. The van der Waals surface area contributed by atoms with Crippen LogP contribution in [0.3, 0.4) is 0 Å². The van der Waals surface area contributed by atoms with Gasteiger partial charge >= 0.3 is 0 Å². The SMILES string of the molecule is [CH2]CCCCCCCCC(C#N)CCCCC[C]1OC2CCCC(C2)O1. The Balaban J connectivity index is 1.43. The Morgan fingerprint density at radius 3 is 2.08 bits per heavy atom. The zero-order valence-corrected chi connectivity index (χ0v) is 16.7. The second kappa shape index (κ2) is 13.6. The van der Waals surface area contributed by atoms with Gasteiger partial charge in [-0.15, -0.1) is 0 Å². The zero-order chi connectivity index (χ0) is 18.5. The molecule has 0 amide bonds. The van der Waals surface area contributed by atoms with Crippen molar-refractivity contribution >= 4 is 0 Å². The highest BCUT2D eigenvalue weighted by Crippen LogP contribution is 2.35. The number of hydrogen-bond acceptors (Lipinski definition) is 3. The summed E-state index contributed by atoms with van der Waals surface area (Å²) in [4.78, 5) is 0. The molecule has 3 heteroatoms. The molecule has 2 radical (unpaired) electrons. The van der Waals surface area contributed by atoms with E-state index in [1.54, 1.807) is 0 Å². The van der Waals surface area contributed by atoms with Crippen LogP contribution < -0.4 is 0 Å². The molecule has 26 heavy (non-hydrogen) atoms. The molecule has 2 bridgehead atoms. The molecule has 0 aromatic rings. The van der Waals surface area contributed by atoms with Crippen LogP contribution >= 0.6 is 0 Å². The van der Waals surface area contributed by atoms with Gasteiger partial charge in [0.1, 0.15) is 0 Å². The summed E-state index contributed by atoms with van der Waals surface area (Å²) in [5.74, 6) is 0.254. The van der Waals surface area contributed by atoms with Crippen molar-refractivity contribution in [2.24, 2.45) is 5.92 Å². The summed E-state index contributed by atoms with van der Waals surface area (Å²) < 4.78 is 11.9. The molecule has 3 atom stereocenters. The van der Waals surface area contributed by atoms with Gasteiger partial charge in [0.2, 0.25) is 6.29 Å². The van der Waals surface area contributed by atoms with Crippen LogP contribution in [0.25, 0.3) is 0 Å². The first kappa shape index (κ1) is 21.7. The fourth-order valence-corrected chi connectivity index (χ4v) is 4.22. The van der Waals surface area contributed by atoms with Crippen molar-refractivity contribution in [3.8, 4) is 6.07 Å². The molecule has 0 spiro atoms. The van der Waals surface area contributed by atoms with Crippen LogP contribution in [0, 0.1) is 30.5 Å². The molecule has 3 unspecified atom stereocenters. The summed E-state index contributed by atoms with van der Waals surface area (Å²) in [5, 5.41) is 9.35. The van der Waals surface area contributed by atoms with Crippen LogP contribution in [0.5, 0.6) is 0 Å². The smallest absolute Gasteiger partial charge is 0.224 e. The fourth-order valence-electron chi connectivity index (χ4n) is 4.22. The molecule has 2 rings (SSSR count). The van der Waals surface area contributed by atoms with Crippen molar-refractivity contribution in [2.45, 2.75) is 121 Å². The average Bonchev–Trinajstić information content (AvgIpc) is 2.65. The van der Waals surface area contributed by atoms with Gasteiger partial charge in [0.15, 0.2) is 0 Å². The van der Waals surface area contributed by atoms with Gasteiger partial charge in [-0.25, -0.2) is 0 Å². The maximum absolute atomic E-state index is 9.35. The number of unbranched alkanes of at least 4 members (excludes halogenated alkanes) is 8. The van der Waals surface area contributed by atoms with E-state index in [2.05, 4.69) is 13.0 Å². The van der Waals surface area contributed by atoms with Gasteiger partial charge in [-0.05, 0) is 38.5 Å². The molecule has 0 N–H and O–H groups in total. The molecule has 0 aromatic carbocycles. The molecule has 0 aromatic heterocycles. The van der Waals surface area contributed by atoms with Crippen LogP contribution in [0.4, 0.5) is 0 Å². The van der Waals surface area contributed by atoms with E-state index < -0.39 is 0 Å². The molecule has 1 saturated carbocycles. The molecular formula is C23H39NO2. The second-order valence-corrected chi connectivity index (χ2v) is 8.21. The first-order valence-electron chi connectivity index (χ1n) is 11.2. The minimum absolute atomic E-state index is 0.254. The Hall–Kier alpha value is -0.590. The number of ether oxygens (including phenoxy) is 2. The highest BCUT2D eigenvalue weighted by molar-refractivity contribution is 4.85. The molecule has 148 valence electrons. The zero-order valence-electron chi connectivity index (χ0n) is 16.7. The van der Waals surface area contributed by atoms with Crippen molar-refractivity contribution in [1.82, 2.24) is 0 Å². The first-order valence-corrected chi connectivity index (χ1v) is 11.2. The third-order valence-corrected chi connectivity index (χ3v) is 5.84. The van der Waals surface area contributed by atoms with E-state index in [0.717, 1.165) is 51.2 Å². The molecule has 2 aliphatic rings. The predicted molar refractivity (Wildman–Crippen MR) is 106 cm³/mol. The Labute approximate surface area is 161 Å². The van der Waals surface area contributed by atoms with E-state index in [0.29, 0.717) is 12.2 Å². The van der Waals surface area contributed by atoms with Gasteiger partial charge in [-0.2, -0.15) is 5.26 Å². The van der Waals surface area contributed by atoms with Crippen LogP contribution in [0.1, 0.15) is 109 Å². The van der Waals surface area contributed by atoms with Gasteiger partial charge in [0.05, 0.1) is 18.3 Å². The maximum Gasteiger partial charge on any atom is 0.224 e. The quantitative estimate of drug-likeness (QED) is 0.317. The summed E-state index contributed by atoms with van der Waals surface area (Å²) in [7, 11) is 0. The van der Waals surface area contributed by atoms with Gasteiger partial charge < -0.3 is 9.47 Å². The lowest BCUT2D eigenvalue weighted by Crippen LogP contribution is -2.37. The highest BCUT2D eigenvalue weighted by atomic mass is 16.7. The normalized spacial score (nSPS) is 24.3. The minimum Gasteiger partial charge on any atom is -0.342 e. The van der Waals surface area contributed by atoms with Crippen molar-refractivity contribution < 1.29 is 9.47 Å². The topological polar surface area (TPSA) is 42.2 Å². The van der Waals surface area contributed by atoms with E-state index in [1.165, 1.54) is 64.2 Å². The second-order valence-electron chi connectivity index (χ2n) is 8.21. The Bertz CT molecular complexity index is 380. The number of rotatable bonds is 14. The lowest BCUT2D eigenvalue weighted by atomic mass is 9.93. The summed E-state index contributed by atoms with van der Waals surface area (Å²) in [6.45, 7) is 3.88. The summed E-state index contributed by atoms with van der Waals surface area (Å²) in [6.07, 6.45) is 21.8. The number of fused-ring (bicyclic) bond motifs is 2. The Morgan fingerprint density at radius 2 is 1.46 bits per heavy atom. The molecular weight excluding hydrogens is 322 g/mol. The van der Waals surface area contributed by atoms with E-state index in [-0.39, 0.29) is 5.92 Å². The molecule has 1 aliphatic heterocycles. The van der Waals surface area contributed by atoms with Crippen molar-refractivity contribution in [3.05, 3.63) is 13.2 Å². The standard InChI is InChI=1S/C23H39NO2/c1-2-3-4-5-6-7-9-13-20(19-24)14-10-8-11-17-23-25-21-15-12-16-22(18-21)26-23/h20-22H,1-18H2. The van der Waals surface area contributed by atoms with Crippen molar-refractivity contribution in [2.75, 3.05) is 0 Å². The van der Waals surface area contributed by atoms with E-state index in [9.17, 15) is 5.26 Å². The van der Waals surface area contributed by atoms with Gasteiger partial charge in [-0.3, -0.25) is 0 Å². The van der Waals surface area contributed by atoms with Crippen molar-refractivity contribution in [1.29, 1.82) is 5.26 Å². The summed E-state index contributed by atoms with van der Waals surface area (Å²) in [6, 6.07) is 2.52. The summed E-state index contributed by atoms with van der Waals surface area (Å²) >= 11 is 0. The van der Waals surface area contributed by atoms with Crippen molar-refractivity contribution in [3.63, 3.8) is 0 Å². The van der Waals surface area contributed by atoms with Gasteiger partial charge in [0.25, 0.3) is 0 Å². The van der Waals surface area contributed by atoms with Gasteiger partial charge in [-0.1, -0.05) is 64.7 Å². The fraction of sp³-hybridized carbons (Fsp3) is 0.870. The third kappa shape index (κ3) is 8.87. The lowest BCUT2D eigenvalue weighted by Gasteiger charge is -2.38. The number of nitriles is 1. The van der Waals surface area contributed by atoms with E-state index in [1.807, 2.05) is 0 Å². The van der Waals surface area contributed by atoms with Crippen LogP contribution in [-0.2, 0) is 9.47 Å². The number of hydrogen-bond donors (Lipinski definition) is 0. The molecule has 3 nitrogen and oxygen atoms in total. The van der Waals surface area contributed by atoms with E-state index >= 15 is 0 Å². The first-order chi connectivity index (χ1) is 12.8. The van der Waals surface area contributed by atoms with Gasteiger partial charge in [0, 0.05) is 18.8 Å². The molecule has 2 fully saturated rings. The minimum atomic E-state index is 0.254. The lowest BCUT2D eigenvalue weighted by molar-refractivity contribution is -0.186. The molecule has 1 heterocycles. The predicted octanol–water partition coefficient (Wildman–Crippen LogP) is 6.88. The third-order valence-electron chi connectivity index (χ3n) is 5.84. The van der Waals surface area contributed by atoms with E-state index in [4.69, 9.17) is 9.47 Å². The Kier molecular flexibility index (Phi) is 11.3. The number of nitrogens with zero attached hydrogens (tertiary/aromatic N) is 1. The highest BCUT2D eigenvalue weighted by Gasteiger charge is 2.33. The van der Waals surface area contributed by atoms with Crippen LogP contribution in [0.2, 0.25) is 0 Å².